The highest BCUT2D eigenvalue weighted by atomic mass is 16.2. The minimum Gasteiger partial charge on any atom is -0.369 e. The molecular weight excluding hydrogens is 368 g/mol. The van der Waals surface area contributed by atoms with Gasteiger partial charge in [-0.05, 0) is 42.7 Å². The fourth-order valence-corrected chi connectivity index (χ4v) is 4.35. The van der Waals surface area contributed by atoms with E-state index in [9.17, 15) is 14.4 Å². The summed E-state index contributed by atoms with van der Waals surface area (Å²) in [4.78, 5) is 44.1. The molecule has 1 unspecified atom stereocenters. The highest BCUT2D eigenvalue weighted by molar-refractivity contribution is 6.08. The van der Waals surface area contributed by atoms with E-state index in [-0.39, 0.29) is 18.0 Å². The minimum atomic E-state index is -0.430. The zero-order chi connectivity index (χ0) is 20.1. The van der Waals surface area contributed by atoms with E-state index in [1.165, 1.54) is 0 Å². The summed E-state index contributed by atoms with van der Waals surface area (Å²) in [5.74, 6) is -0.307. The second kappa shape index (κ2) is 6.55. The molecule has 2 amide bonds. The summed E-state index contributed by atoms with van der Waals surface area (Å²) in [6.07, 6.45) is 2.20. The first-order valence-electron chi connectivity index (χ1n) is 9.75. The summed E-state index contributed by atoms with van der Waals surface area (Å²) < 4.78 is 1.71. The molecule has 0 saturated heterocycles. The van der Waals surface area contributed by atoms with Gasteiger partial charge in [-0.1, -0.05) is 18.2 Å². The number of para-hydroxylation sites is 1. The molecule has 0 radical (unpaired) electrons. The molecule has 1 aromatic heterocycles. The van der Waals surface area contributed by atoms with Crippen LogP contribution in [0.2, 0.25) is 0 Å². The molecule has 2 aromatic carbocycles. The summed E-state index contributed by atoms with van der Waals surface area (Å²) in [6, 6.07) is 12.6. The van der Waals surface area contributed by atoms with Gasteiger partial charge in [-0.25, -0.2) is 4.98 Å². The third-order valence-electron chi connectivity index (χ3n) is 5.86. The van der Waals surface area contributed by atoms with Crippen LogP contribution in [0.5, 0.6) is 0 Å². The maximum Gasteiger partial charge on any atom is 0.261 e. The number of aromatic nitrogens is 2. The van der Waals surface area contributed by atoms with Crippen molar-refractivity contribution in [1.82, 2.24) is 9.55 Å². The Kier molecular flexibility index (Phi) is 3.97. The first-order chi connectivity index (χ1) is 14.0. The number of amides is 2. The molecule has 0 fully saturated rings. The van der Waals surface area contributed by atoms with Crippen molar-refractivity contribution < 1.29 is 9.59 Å². The van der Waals surface area contributed by atoms with Gasteiger partial charge in [0.15, 0.2) is 0 Å². The molecule has 146 valence electrons. The SMILES string of the molecule is NC(=O)C1Cc2ccccc2N(C(=O)c2ccc3c(=O)n4c(nc3c2)CCC4)C1. The van der Waals surface area contributed by atoms with Crippen LogP contribution < -0.4 is 16.2 Å². The van der Waals surface area contributed by atoms with Crippen LogP contribution in [0.3, 0.4) is 0 Å². The molecule has 3 aromatic rings. The molecule has 1 atom stereocenters. The topological polar surface area (TPSA) is 98.3 Å². The van der Waals surface area contributed by atoms with Crippen LogP contribution in [0.15, 0.2) is 47.3 Å². The largest absolute Gasteiger partial charge is 0.369 e. The molecule has 2 aliphatic heterocycles. The third-order valence-corrected chi connectivity index (χ3v) is 5.86. The van der Waals surface area contributed by atoms with Crippen LogP contribution in [0.1, 0.15) is 28.2 Å². The number of benzene rings is 2. The van der Waals surface area contributed by atoms with Crippen LogP contribution in [-0.4, -0.2) is 27.9 Å². The number of nitrogens with zero attached hydrogens (tertiary/aromatic N) is 3. The fraction of sp³-hybridized carbons (Fsp3) is 0.273. The number of aryl methyl sites for hydroxylation is 1. The van der Waals surface area contributed by atoms with Gasteiger partial charge < -0.3 is 10.6 Å². The number of primary amides is 1. The Morgan fingerprint density at radius 1 is 1.14 bits per heavy atom. The Labute approximate surface area is 166 Å². The molecular formula is C22H20N4O3. The molecule has 0 saturated carbocycles. The first kappa shape index (κ1) is 17.6. The molecule has 29 heavy (non-hydrogen) atoms. The molecule has 7 heteroatoms. The van der Waals surface area contributed by atoms with Gasteiger partial charge in [0.25, 0.3) is 11.5 Å². The Balaban J connectivity index is 1.58. The standard InChI is InChI=1S/C22H20N4O3/c23-20(27)15-10-13-4-1-2-5-18(13)26(12-15)21(28)14-7-8-16-17(11-14)24-19-6-3-9-25(19)22(16)29/h1-2,4-5,7-8,11,15H,3,6,9-10,12H2,(H2,23,27). The second-order valence-corrected chi connectivity index (χ2v) is 7.67. The van der Waals surface area contributed by atoms with Crippen molar-refractivity contribution in [3.63, 3.8) is 0 Å². The molecule has 7 nitrogen and oxygen atoms in total. The molecule has 2 aliphatic rings. The quantitative estimate of drug-likeness (QED) is 0.722. The molecule has 5 rings (SSSR count). The van der Waals surface area contributed by atoms with E-state index in [0.29, 0.717) is 29.4 Å². The van der Waals surface area contributed by atoms with Crippen molar-refractivity contribution >= 4 is 28.4 Å². The van der Waals surface area contributed by atoms with Crippen LogP contribution in [0.4, 0.5) is 5.69 Å². The van der Waals surface area contributed by atoms with E-state index in [2.05, 4.69) is 4.98 Å². The Bertz CT molecular complexity index is 1230. The number of fused-ring (bicyclic) bond motifs is 3. The zero-order valence-corrected chi connectivity index (χ0v) is 15.8. The van der Waals surface area contributed by atoms with E-state index in [1.807, 2.05) is 24.3 Å². The van der Waals surface area contributed by atoms with Crippen molar-refractivity contribution in [3.05, 3.63) is 69.8 Å². The minimum absolute atomic E-state index is 0.0568. The Morgan fingerprint density at radius 2 is 1.97 bits per heavy atom. The molecule has 0 spiro atoms. The lowest BCUT2D eigenvalue weighted by atomic mass is 9.91. The van der Waals surface area contributed by atoms with Crippen LogP contribution in [0, 0.1) is 5.92 Å². The van der Waals surface area contributed by atoms with Gasteiger partial charge in [0.2, 0.25) is 5.91 Å². The maximum absolute atomic E-state index is 13.4. The van der Waals surface area contributed by atoms with Crippen molar-refractivity contribution in [2.24, 2.45) is 11.7 Å². The van der Waals surface area contributed by atoms with E-state index >= 15 is 0 Å². The van der Waals surface area contributed by atoms with E-state index < -0.39 is 11.8 Å². The van der Waals surface area contributed by atoms with Crippen molar-refractivity contribution in [2.45, 2.75) is 25.8 Å². The van der Waals surface area contributed by atoms with Gasteiger partial charge >= 0.3 is 0 Å². The second-order valence-electron chi connectivity index (χ2n) is 7.67. The van der Waals surface area contributed by atoms with Crippen molar-refractivity contribution in [1.29, 1.82) is 0 Å². The lowest BCUT2D eigenvalue weighted by Gasteiger charge is -2.33. The molecule has 2 N–H and O–H groups in total. The normalized spacial score (nSPS) is 17.8. The lowest BCUT2D eigenvalue weighted by Crippen LogP contribution is -2.44. The third kappa shape index (κ3) is 2.81. The van der Waals surface area contributed by atoms with E-state index in [1.54, 1.807) is 27.7 Å². The monoisotopic (exact) mass is 388 g/mol. The molecule has 0 aliphatic carbocycles. The van der Waals surface area contributed by atoms with Crippen LogP contribution in [0.25, 0.3) is 10.9 Å². The highest BCUT2D eigenvalue weighted by Crippen LogP contribution is 2.31. The number of carbonyl (C=O) groups is 2. The first-order valence-corrected chi connectivity index (χ1v) is 9.75. The van der Waals surface area contributed by atoms with Gasteiger partial charge in [0, 0.05) is 30.8 Å². The number of carbonyl (C=O) groups excluding carboxylic acids is 2. The summed E-state index contributed by atoms with van der Waals surface area (Å²) in [6.45, 7) is 0.931. The molecule has 3 heterocycles. The lowest BCUT2D eigenvalue weighted by molar-refractivity contribution is -0.121. The Morgan fingerprint density at radius 3 is 2.79 bits per heavy atom. The zero-order valence-electron chi connectivity index (χ0n) is 15.8. The molecule has 0 bridgehead atoms. The summed E-state index contributed by atoms with van der Waals surface area (Å²) in [7, 11) is 0. The van der Waals surface area contributed by atoms with Gasteiger partial charge in [0.05, 0.1) is 16.8 Å². The summed E-state index contributed by atoms with van der Waals surface area (Å²) >= 11 is 0. The predicted molar refractivity (Wildman–Crippen MR) is 109 cm³/mol. The van der Waals surface area contributed by atoms with Crippen LogP contribution in [-0.2, 0) is 24.2 Å². The number of nitrogens with two attached hydrogens (primary N) is 1. The van der Waals surface area contributed by atoms with E-state index in [0.717, 1.165) is 29.9 Å². The van der Waals surface area contributed by atoms with Crippen molar-refractivity contribution in [3.8, 4) is 0 Å². The average Bonchev–Trinajstić information content (AvgIpc) is 3.21. The number of rotatable bonds is 2. The van der Waals surface area contributed by atoms with Crippen molar-refractivity contribution in [2.75, 3.05) is 11.4 Å². The van der Waals surface area contributed by atoms with Gasteiger partial charge in [-0.2, -0.15) is 0 Å². The summed E-state index contributed by atoms with van der Waals surface area (Å²) in [5, 5.41) is 0.515. The fourth-order valence-electron chi connectivity index (χ4n) is 4.35. The highest BCUT2D eigenvalue weighted by Gasteiger charge is 2.32. The number of anilines is 1. The Hall–Kier alpha value is -3.48. The van der Waals surface area contributed by atoms with Gasteiger partial charge in [-0.15, -0.1) is 0 Å². The average molecular weight is 388 g/mol. The number of hydrogen-bond donors (Lipinski definition) is 1. The van der Waals surface area contributed by atoms with E-state index in [4.69, 9.17) is 5.73 Å². The number of hydrogen-bond acceptors (Lipinski definition) is 4. The predicted octanol–water partition coefficient (Wildman–Crippen LogP) is 1.65. The summed E-state index contributed by atoms with van der Waals surface area (Å²) in [5.41, 5.74) is 8.17. The van der Waals surface area contributed by atoms with Crippen LogP contribution >= 0.6 is 0 Å². The smallest absolute Gasteiger partial charge is 0.261 e. The maximum atomic E-state index is 13.4. The van der Waals surface area contributed by atoms with Gasteiger partial charge in [0.1, 0.15) is 5.82 Å². The van der Waals surface area contributed by atoms with Gasteiger partial charge in [-0.3, -0.25) is 19.0 Å².